The zero-order valence-corrected chi connectivity index (χ0v) is 32.7. The van der Waals surface area contributed by atoms with Gasteiger partial charge in [0.2, 0.25) is 0 Å². The van der Waals surface area contributed by atoms with Crippen LogP contribution in [0.2, 0.25) is 0 Å². The van der Waals surface area contributed by atoms with Gasteiger partial charge in [-0.3, -0.25) is 9.56 Å². The van der Waals surface area contributed by atoms with Crippen molar-refractivity contribution in [3.05, 3.63) is 92.9 Å². The lowest BCUT2D eigenvalue weighted by Gasteiger charge is -2.23. The van der Waals surface area contributed by atoms with Gasteiger partial charge >= 0.3 is 5.69 Å². The lowest BCUT2D eigenvalue weighted by atomic mass is 9.82. The normalized spacial score (nSPS) is 13.2. The minimum atomic E-state index is -0.302. The fraction of sp³-hybridized carbons (Fsp3) is 0.537. The summed E-state index contributed by atoms with van der Waals surface area (Å²) in [6, 6.07) is 14.5. The van der Waals surface area contributed by atoms with Crippen LogP contribution >= 0.6 is 0 Å². The number of aromatic nitrogens is 3. The molecule has 2 heterocycles. The van der Waals surface area contributed by atoms with Crippen molar-refractivity contribution in [3.63, 3.8) is 0 Å². The number of hydrogen-bond donors (Lipinski definition) is 5. The van der Waals surface area contributed by atoms with Crippen molar-refractivity contribution < 1.29 is 4.39 Å². The zero-order valence-electron chi connectivity index (χ0n) is 32.7. The van der Waals surface area contributed by atoms with Crippen molar-refractivity contribution in [3.8, 4) is 5.69 Å². The Labute approximate surface area is 304 Å². The van der Waals surface area contributed by atoms with Gasteiger partial charge in [0.1, 0.15) is 11.5 Å². The minimum Gasteiger partial charge on any atom is -0.370 e. The Kier molecular flexibility index (Phi) is 14.6. The smallest absolute Gasteiger partial charge is 0.354 e. The Bertz CT molecular complexity index is 1790. The van der Waals surface area contributed by atoms with Crippen molar-refractivity contribution in [2.24, 2.45) is 28.1 Å². The van der Waals surface area contributed by atoms with E-state index in [1.54, 1.807) is 4.57 Å². The second-order valence-corrected chi connectivity index (χ2v) is 16.4. The minimum absolute atomic E-state index is 0.00728. The van der Waals surface area contributed by atoms with Crippen molar-refractivity contribution in [1.29, 1.82) is 0 Å². The standard InChI is InChI=1S/C22H31N7O.C19H32FN/c1-14(25-10-5-11-26-20(23)24)15-6-8-17(9-7-15)29-13-16-12-18(22(2,3)4)27-19(16)28-21(29)30;1-13(2)10-16-11-15(9-7-8-14(3)21)12-17(18(16)20)19(4,5)6/h6-9,12-14,25H,5,10-11H2,1-4H3,(H4,23,24,26)(H,27,28,30);11-14H,7-10,21H2,1-6H3/t2*14-/m00/s1. The van der Waals surface area contributed by atoms with E-state index in [-0.39, 0.29) is 40.4 Å². The van der Waals surface area contributed by atoms with Gasteiger partial charge in [-0.1, -0.05) is 79.7 Å². The molecule has 0 aliphatic carbocycles. The summed E-state index contributed by atoms with van der Waals surface area (Å²) < 4.78 is 16.3. The summed E-state index contributed by atoms with van der Waals surface area (Å²) in [7, 11) is 0. The largest absolute Gasteiger partial charge is 0.370 e. The van der Waals surface area contributed by atoms with Gasteiger partial charge in [0.15, 0.2) is 5.96 Å². The number of halogens is 1. The number of nitrogens with one attached hydrogen (secondary N) is 2. The molecule has 2 aromatic heterocycles. The molecular weight excluding hydrogens is 640 g/mol. The first-order chi connectivity index (χ1) is 23.8. The Morgan fingerprint density at radius 2 is 1.65 bits per heavy atom. The summed E-state index contributed by atoms with van der Waals surface area (Å²) in [6.07, 6.45) is 6.56. The van der Waals surface area contributed by atoms with Crippen LogP contribution in [0, 0.1) is 11.7 Å². The van der Waals surface area contributed by atoms with E-state index in [9.17, 15) is 9.18 Å². The molecule has 0 saturated heterocycles. The van der Waals surface area contributed by atoms with Gasteiger partial charge in [-0.05, 0) is 104 Å². The summed E-state index contributed by atoms with van der Waals surface area (Å²) in [5.41, 5.74) is 22.5. The molecule has 51 heavy (non-hydrogen) atoms. The third kappa shape index (κ3) is 12.6. The van der Waals surface area contributed by atoms with Crippen LogP contribution in [0.3, 0.4) is 0 Å². The van der Waals surface area contributed by atoms with Crippen LogP contribution in [0.4, 0.5) is 4.39 Å². The number of H-pyrrole nitrogens is 1. The third-order valence-corrected chi connectivity index (χ3v) is 8.84. The molecule has 280 valence electrons. The number of fused-ring (bicyclic) bond motifs is 1. The second-order valence-electron chi connectivity index (χ2n) is 16.4. The molecule has 10 heteroatoms. The van der Waals surface area contributed by atoms with Crippen molar-refractivity contribution in [1.82, 2.24) is 19.9 Å². The predicted octanol–water partition coefficient (Wildman–Crippen LogP) is 7.32. The summed E-state index contributed by atoms with van der Waals surface area (Å²) in [4.78, 5) is 24.0. The van der Waals surface area contributed by atoms with Gasteiger partial charge in [-0.15, -0.1) is 0 Å². The molecule has 0 amide bonds. The van der Waals surface area contributed by atoms with E-state index in [1.807, 2.05) is 37.4 Å². The Morgan fingerprint density at radius 3 is 2.22 bits per heavy atom. The van der Waals surface area contributed by atoms with Gasteiger partial charge in [0, 0.05) is 41.3 Å². The van der Waals surface area contributed by atoms with Crippen LogP contribution in [0.1, 0.15) is 122 Å². The number of guanidine groups is 1. The van der Waals surface area contributed by atoms with Gasteiger partial charge in [0.25, 0.3) is 0 Å². The number of nitrogens with zero attached hydrogens (tertiary/aromatic N) is 3. The average molecular weight is 703 g/mol. The lowest BCUT2D eigenvalue weighted by molar-refractivity contribution is 0.504. The number of aromatic amines is 1. The van der Waals surface area contributed by atoms with Crippen molar-refractivity contribution >= 4 is 17.0 Å². The highest BCUT2D eigenvalue weighted by Crippen LogP contribution is 2.30. The molecule has 9 nitrogen and oxygen atoms in total. The van der Waals surface area contributed by atoms with Crippen LogP contribution in [0.5, 0.6) is 0 Å². The number of benzene rings is 2. The maximum Gasteiger partial charge on any atom is 0.354 e. The first kappa shape index (κ1) is 41.4. The van der Waals surface area contributed by atoms with E-state index in [0.717, 1.165) is 72.1 Å². The quantitative estimate of drug-likeness (QED) is 0.0559. The maximum atomic E-state index is 14.7. The molecular formula is C41H63FN8O. The molecule has 0 spiro atoms. The summed E-state index contributed by atoms with van der Waals surface area (Å²) in [5.74, 6) is 0.578. The van der Waals surface area contributed by atoms with E-state index < -0.39 is 0 Å². The first-order valence-corrected chi connectivity index (χ1v) is 18.4. The monoisotopic (exact) mass is 703 g/mol. The van der Waals surface area contributed by atoms with Crippen molar-refractivity contribution in [2.75, 3.05) is 13.1 Å². The first-order valence-electron chi connectivity index (χ1n) is 18.4. The maximum absolute atomic E-state index is 14.7. The number of rotatable bonds is 13. The number of aliphatic imine (C=N–C) groups is 1. The molecule has 2 aromatic carbocycles. The van der Waals surface area contributed by atoms with E-state index in [4.69, 9.17) is 17.2 Å². The van der Waals surface area contributed by atoms with Gasteiger partial charge in [0.05, 0.1) is 5.69 Å². The van der Waals surface area contributed by atoms with Gasteiger partial charge in [-0.25, -0.2) is 9.18 Å². The third-order valence-electron chi connectivity index (χ3n) is 8.84. The molecule has 0 bridgehead atoms. The zero-order chi connectivity index (χ0) is 38.1. The molecule has 0 radical (unpaired) electrons. The van der Waals surface area contributed by atoms with E-state index >= 15 is 0 Å². The Balaban J connectivity index is 0.000000295. The average Bonchev–Trinajstić information content (AvgIpc) is 3.45. The second kappa shape index (κ2) is 18.0. The van der Waals surface area contributed by atoms with Crippen LogP contribution in [-0.2, 0) is 23.7 Å². The number of hydrogen-bond acceptors (Lipinski definition) is 5. The SMILES string of the molecule is CC(C)Cc1cc(CCC[C@H](C)N)cc(C(C)(C)C)c1F.C[C@H](NCCCN=C(N)N)c1ccc(-n2cc3cc(C(C)(C)C)[nH]c3nc2=O)cc1. The fourth-order valence-electron chi connectivity index (χ4n) is 5.89. The van der Waals surface area contributed by atoms with E-state index in [1.165, 1.54) is 5.56 Å². The van der Waals surface area contributed by atoms with E-state index in [2.05, 4.69) is 101 Å². The van der Waals surface area contributed by atoms with Gasteiger partial charge < -0.3 is 27.5 Å². The number of aryl methyl sites for hydroxylation is 1. The lowest BCUT2D eigenvalue weighted by Crippen LogP contribution is -2.24. The molecule has 0 unspecified atom stereocenters. The molecule has 0 fully saturated rings. The Hall–Kier alpha value is -4.02. The summed E-state index contributed by atoms with van der Waals surface area (Å²) >= 11 is 0. The van der Waals surface area contributed by atoms with Crippen LogP contribution in [0.15, 0.2) is 58.4 Å². The molecule has 0 saturated carbocycles. The summed E-state index contributed by atoms with van der Waals surface area (Å²) in [5, 5.41) is 4.36. The van der Waals surface area contributed by atoms with Crippen LogP contribution in [-0.4, -0.2) is 39.6 Å². The Morgan fingerprint density at radius 1 is 0.980 bits per heavy atom. The topological polar surface area (TPSA) is 153 Å². The molecule has 4 rings (SSSR count). The fourth-order valence-corrected chi connectivity index (χ4v) is 5.89. The van der Waals surface area contributed by atoms with Crippen molar-refractivity contribution in [2.45, 2.75) is 124 Å². The molecule has 8 N–H and O–H groups in total. The molecule has 0 aliphatic rings. The molecule has 0 aliphatic heterocycles. The highest BCUT2D eigenvalue weighted by Gasteiger charge is 2.22. The molecule has 2 atom stereocenters. The highest BCUT2D eigenvalue weighted by atomic mass is 19.1. The van der Waals surface area contributed by atoms with Crippen LogP contribution in [0.25, 0.3) is 16.7 Å². The van der Waals surface area contributed by atoms with E-state index in [0.29, 0.717) is 18.1 Å². The van der Waals surface area contributed by atoms with Gasteiger partial charge in [-0.2, -0.15) is 4.98 Å². The predicted molar refractivity (Wildman–Crippen MR) is 212 cm³/mol. The highest BCUT2D eigenvalue weighted by molar-refractivity contribution is 5.76. The van der Waals surface area contributed by atoms with Crippen LogP contribution < -0.4 is 28.2 Å². The summed E-state index contributed by atoms with van der Waals surface area (Å²) in [6.45, 7) is 22.4. The molecule has 4 aromatic rings. The number of nitrogens with two attached hydrogens (primary N) is 3.